The van der Waals surface area contributed by atoms with Crippen LogP contribution in [0.4, 0.5) is 19.0 Å². The molecule has 1 aliphatic rings. The zero-order valence-electron chi connectivity index (χ0n) is 10.3. The summed E-state index contributed by atoms with van der Waals surface area (Å²) < 4.78 is 37.6. The number of piperidine rings is 1. The predicted molar refractivity (Wildman–Crippen MR) is 66.9 cm³/mol. The van der Waals surface area contributed by atoms with Crippen molar-refractivity contribution in [2.45, 2.75) is 31.5 Å². The van der Waals surface area contributed by atoms with Crippen LogP contribution >= 0.6 is 11.6 Å². The summed E-state index contributed by atoms with van der Waals surface area (Å²) in [6.07, 6.45) is -1.92. The van der Waals surface area contributed by atoms with Gasteiger partial charge in [-0.15, -0.1) is 0 Å². The van der Waals surface area contributed by atoms with E-state index in [1.165, 1.54) is 4.90 Å². The SMILES string of the molecule is O=C(O)C1CCCCN1c1ncc(C(F)(F)F)cc1Cl. The third-order valence-electron chi connectivity index (χ3n) is 3.21. The molecule has 0 aromatic carbocycles. The molecule has 2 heterocycles. The lowest BCUT2D eigenvalue weighted by atomic mass is 10.0. The summed E-state index contributed by atoms with van der Waals surface area (Å²) in [5.41, 5.74) is -0.949. The number of rotatable bonds is 2. The van der Waals surface area contributed by atoms with E-state index in [1.54, 1.807) is 0 Å². The molecule has 2 rings (SSSR count). The summed E-state index contributed by atoms with van der Waals surface area (Å²) in [6.45, 7) is 0.412. The first-order valence-corrected chi connectivity index (χ1v) is 6.40. The Morgan fingerprint density at radius 1 is 1.45 bits per heavy atom. The van der Waals surface area contributed by atoms with Crippen molar-refractivity contribution in [3.63, 3.8) is 0 Å². The van der Waals surface area contributed by atoms with Crippen LogP contribution in [0.25, 0.3) is 0 Å². The molecule has 1 aromatic heterocycles. The minimum atomic E-state index is -4.52. The highest BCUT2D eigenvalue weighted by molar-refractivity contribution is 6.33. The fourth-order valence-corrected chi connectivity index (χ4v) is 2.51. The second-order valence-electron chi connectivity index (χ2n) is 4.57. The van der Waals surface area contributed by atoms with E-state index in [0.29, 0.717) is 19.2 Å². The Morgan fingerprint density at radius 3 is 2.70 bits per heavy atom. The Hall–Kier alpha value is -1.50. The van der Waals surface area contributed by atoms with E-state index in [1.807, 2.05) is 0 Å². The molecule has 1 unspecified atom stereocenters. The van der Waals surface area contributed by atoms with Crippen LogP contribution in [0.2, 0.25) is 5.02 Å². The van der Waals surface area contributed by atoms with Gasteiger partial charge in [0.15, 0.2) is 0 Å². The van der Waals surface area contributed by atoms with Gasteiger partial charge in [0.2, 0.25) is 0 Å². The molecular formula is C12H12ClF3N2O2. The standard InChI is InChI=1S/C12H12ClF3N2O2/c13-8-5-7(12(14,15)16)6-17-10(8)18-4-2-1-3-9(18)11(19)20/h5-6,9H,1-4H2,(H,19,20). The number of hydrogen-bond acceptors (Lipinski definition) is 3. The van der Waals surface area contributed by atoms with E-state index in [9.17, 15) is 18.0 Å². The Labute approximate surface area is 118 Å². The molecule has 1 saturated heterocycles. The van der Waals surface area contributed by atoms with Crippen LogP contribution in [0.1, 0.15) is 24.8 Å². The molecule has 0 aliphatic carbocycles. The Morgan fingerprint density at radius 2 is 2.15 bits per heavy atom. The highest BCUT2D eigenvalue weighted by atomic mass is 35.5. The van der Waals surface area contributed by atoms with Crippen LogP contribution < -0.4 is 4.90 Å². The molecule has 0 saturated carbocycles. The zero-order chi connectivity index (χ0) is 14.9. The van der Waals surface area contributed by atoms with E-state index in [4.69, 9.17) is 16.7 Å². The number of nitrogens with zero attached hydrogens (tertiary/aromatic N) is 2. The van der Waals surface area contributed by atoms with Gasteiger partial charge in [-0.3, -0.25) is 0 Å². The molecule has 0 radical (unpaired) electrons. The Kier molecular flexibility index (Phi) is 4.08. The monoisotopic (exact) mass is 308 g/mol. The van der Waals surface area contributed by atoms with Crippen LogP contribution in [-0.4, -0.2) is 28.6 Å². The maximum Gasteiger partial charge on any atom is 0.417 e. The fourth-order valence-electron chi connectivity index (χ4n) is 2.24. The number of carboxylic acid groups (broad SMARTS) is 1. The van der Waals surface area contributed by atoms with Gasteiger partial charge in [-0.2, -0.15) is 13.2 Å². The van der Waals surface area contributed by atoms with E-state index < -0.39 is 23.8 Å². The molecule has 0 bridgehead atoms. The van der Waals surface area contributed by atoms with E-state index >= 15 is 0 Å². The quantitative estimate of drug-likeness (QED) is 0.911. The summed E-state index contributed by atoms with van der Waals surface area (Å²) >= 11 is 5.84. The number of aliphatic carboxylic acids is 1. The third kappa shape index (κ3) is 2.98. The van der Waals surface area contributed by atoms with Gasteiger partial charge in [0.1, 0.15) is 11.9 Å². The Bertz CT molecular complexity index is 522. The van der Waals surface area contributed by atoms with Gasteiger partial charge in [0, 0.05) is 12.7 Å². The molecule has 8 heteroatoms. The van der Waals surface area contributed by atoms with Crippen molar-refractivity contribution < 1.29 is 23.1 Å². The second kappa shape index (κ2) is 5.47. The summed E-state index contributed by atoms with van der Waals surface area (Å²) in [5.74, 6) is -0.936. The smallest absolute Gasteiger partial charge is 0.417 e. The predicted octanol–water partition coefficient (Wildman–Crippen LogP) is 3.20. The van der Waals surface area contributed by atoms with Crippen LogP contribution in [0.3, 0.4) is 0 Å². The van der Waals surface area contributed by atoms with Gasteiger partial charge in [0.25, 0.3) is 0 Å². The molecular weight excluding hydrogens is 297 g/mol. The number of alkyl halides is 3. The first-order chi connectivity index (χ1) is 9.30. The summed E-state index contributed by atoms with van der Waals surface area (Å²) in [7, 11) is 0. The number of carbonyl (C=O) groups is 1. The lowest BCUT2D eigenvalue weighted by Gasteiger charge is -2.34. The van der Waals surface area contributed by atoms with Gasteiger partial charge in [-0.1, -0.05) is 11.6 Å². The first kappa shape index (κ1) is 14.9. The molecule has 1 aromatic rings. The highest BCUT2D eigenvalue weighted by Gasteiger charge is 2.34. The molecule has 0 amide bonds. The van der Waals surface area contributed by atoms with Gasteiger partial charge >= 0.3 is 12.1 Å². The van der Waals surface area contributed by atoms with E-state index in [0.717, 1.165) is 18.9 Å². The number of halogens is 4. The average molecular weight is 309 g/mol. The molecule has 4 nitrogen and oxygen atoms in total. The highest BCUT2D eigenvalue weighted by Crippen LogP contribution is 2.35. The average Bonchev–Trinajstić information content (AvgIpc) is 2.37. The first-order valence-electron chi connectivity index (χ1n) is 6.03. The minimum Gasteiger partial charge on any atom is -0.480 e. The molecule has 1 aliphatic heterocycles. The van der Waals surface area contributed by atoms with Crippen molar-refractivity contribution in [3.05, 3.63) is 22.8 Å². The largest absolute Gasteiger partial charge is 0.480 e. The minimum absolute atomic E-state index is 0.0896. The van der Waals surface area contributed by atoms with E-state index in [-0.39, 0.29) is 10.8 Å². The van der Waals surface area contributed by atoms with Crippen molar-refractivity contribution in [1.82, 2.24) is 4.98 Å². The maximum absolute atomic E-state index is 12.5. The molecule has 20 heavy (non-hydrogen) atoms. The second-order valence-corrected chi connectivity index (χ2v) is 4.98. The topological polar surface area (TPSA) is 53.4 Å². The van der Waals surface area contributed by atoms with Gasteiger partial charge in [-0.05, 0) is 25.3 Å². The lowest BCUT2D eigenvalue weighted by molar-refractivity contribution is -0.139. The molecule has 110 valence electrons. The normalized spacial score (nSPS) is 20.0. The Balaban J connectivity index is 2.34. The lowest BCUT2D eigenvalue weighted by Crippen LogP contribution is -2.45. The van der Waals surface area contributed by atoms with Crippen LogP contribution in [0, 0.1) is 0 Å². The van der Waals surface area contributed by atoms with Crippen molar-refractivity contribution in [3.8, 4) is 0 Å². The number of hydrogen-bond donors (Lipinski definition) is 1. The van der Waals surface area contributed by atoms with Crippen LogP contribution in [-0.2, 0) is 11.0 Å². The fraction of sp³-hybridized carbons (Fsp3) is 0.500. The summed E-state index contributed by atoms with van der Waals surface area (Å²) in [4.78, 5) is 16.3. The summed E-state index contributed by atoms with van der Waals surface area (Å²) in [6, 6.07) is -0.0253. The van der Waals surface area contributed by atoms with Crippen LogP contribution in [0.15, 0.2) is 12.3 Å². The maximum atomic E-state index is 12.5. The van der Waals surface area contributed by atoms with Crippen molar-refractivity contribution in [2.24, 2.45) is 0 Å². The van der Waals surface area contributed by atoms with Crippen molar-refractivity contribution in [1.29, 1.82) is 0 Å². The number of carboxylic acids is 1. The molecule has 1 fully saturated rings. The number of pyridine rings is 1. The zero-order valence-corrected chi connectivity index (χ0v) is 11.1. The van der Waals surface area contributed by atoms with Crippen molar-refractivity contribution >= 4 is 23.4 Å². The molecule has 0 spiro atoms. The third-order valence-corrected chi connectivity index (χ3v) is 3.49. The number of anilines is 1. The van der Waals surface area contributed by atoms with Gasteiger partial charge in [0.05, 0.1) is 10.6 Å². The van der Waals surface area contributed by atoms with Crippen LogP contribution in [0.5, 0.6) is 0 Å². The van der Waals surface area contributed by atoms with Gasteiger partial charge in [-0.25, -0.2) is 9.78 Å². The molecule has 1 atom stereocenters. The van der Waals surface area contributed by atoms with Crippen molar-refractivity contribution in [2.75, 3.05) is 11.4 Å². The summed E-state index contributed by atoms with van der Waals surface area (Å²) in [5, 5.41) is 8.97. The number of aromatic nitrogens is 1. The van der Waals surface area contributed by atoms with E-state index in [2.05, 4.69) is 4.98 Å². The molecule has 1 N–H and O–H groups in total. The van der Waals surface area contributed by atoms with Gasteiger partial charge < -0.3 is 10.0 Å².